The lowest BCUT2D eigenvalue weighted by atomic mass is 9.48. The molecule has 0 aliphatic heterocycles. The minimum atomic E-state index is 0.583. The Hall–Kier alpha value is -0.780. The summed E-state index contributed by atoms with van der Waals surface area (Å²) in [6, 6.07) is 10.1. The van der Waals surface area contributed by atoms with Crippen LogP contribution in [0.1, 0.15) is 87.7 Å². The molecular weight excluding hydrogens is 264 g/mol. The molecule has 1 aromatic rings. The van der Waals surface area contributed by atoms with Crippen LogP contribution in [0.3, 0.4) is 0 Å². The lowest BCUT2D eigenvalue weighted by molar-refractivity contribution is -0.00519. The Labute approximate surface area is 135 Å². The van der Waals surface area contributed by atoms with E-state index < -0.39 is 0 Å². The van der Waals surface area contributed by atoms with Crippen molar-refractivity contribution in [1.82, 2.24) is 0 Å². The summed E-state index contributed by atoms with van der Waals surface area (Å²) in [5, 5.41) is 0. The maximum Gasteiger partial charge on any atom is -0.00391 e. The highest BCUT2D eigenvalue weighted by Gasteiger charge is 2.51. The molecule has 0 saturated heterocycles. The molecule has 0 heterocycles. The van der Waals surface area contributed by atoms with Crippen molar-refractivity contribution in [2.24, 2.45) is 17.8 Å². The molecule has 5 aliphatic carbocycles. The highest BCUT2D eigenvalue weighted by molar-refractivity contribution is 5.33. The smallest absolute Gasteiger partial charge is 0.00391 e. The molecule has 1 aromatic carbocycles. The standard InChI is InChI=1S/C22H30/c1-2-4-19(5-3-1)20-6-8-21(9-7-20)22-13-16-10-17(14-22)12-18(11-16)15-22/h6-9,16-19H,1-5,10-15H2. The molecule has 6 rings (SSSR count). The normalized spacial score (nSPS) is 41.0. The van der Waals surface area contributed by atoms with Crippen LogP contribution < -0.4 is 0 Å². The van der Waals surface area contributed by atoms with Crippen LogP contribution in [-0.4, -0.2) is 0 Å². The second-order valence-electron chi connectivity index (χ2n) is 9.15. The monoisotopic (exact) mass is 294 g/mol. The predicted molar refractivity (Wildman–Crippen MR) is 92.1 cm³/mol. The second kappa shape index (κ2) is 5.11. The molecule has 0 atom stereocenters. The van der Waals surface area contributed by atoms with Gasteiger partial charge < -0.3 is 0 Å². The van der Waals surface area contributed by atoms with E-state index in [9.17, 15) is 0 Å². The lowest BCUT2D eigenvalue weighted by Gasteiger charge is -2.57. The third-order valence-corrected chi connectivity index (χ3v) is 7.64. The van der Waals surface area contributed by atoms with Gasteiger partial charge in [-0.25, -0.2) is 0 Å². The van der Waals surface area contributed by atoms with Gasteiger partial charge in [-0.15, -0.1) is 0 Å². The summed E-state index contributed by atoms with van der Waals surface area (Å²) in [6.45, 7) is 0. The van der Waals surface area contributed by atoms with Gasteiger partial charge in [0.15, 0.2) is 0 Å². The van der Waals surface area contributed by atoms with E-state index in [1.165, 1.54) is 51.4 Å². The average molecular weight is 294 g/mol. The van der Waals surface area contributed by atoms with E-state index >= 15 is 0 Å². The fourth-order valence-corrected chi connectivity index (χ4v) is 7.01. The first kappa shape index (κ1) is 13.6. The zero-order valence-corrected chi connectivity index (χ0v) is 13.9. The van der Waals surface area contributed by atoms with Crippen molar-refractivity contribution in [3.8, 4) is 0 Å². The highest BCUT2D eigenvalue weighted by Crippen LogP contribution is 2.60. The quantitative estimate of drug-likeness (QED) is 0.609. The van der Waals surface area contributed by atoms with Crippen molar-refractivity contribution in [2.45, 2.75) is 82.0 Å². The number of hydrogen-bond acceptors (Lipinski definition) is 0. The molecule has 0 unspecified atom stereocenters. The number of benzene rings is 1. The molecule has 0 aromatic heterocycles. The van der Waals surface area contributed by atoms with E-state index in [0.717, 1.165) is 23.7 Å². The van der Waals surface area contributed by atoms with Crippen molar-refractivity contribution < 1.29 is 0 Å². The third-order valence-electron chi connectivity index (χ3n) is 7.64. The van der Waals surface area contributed by atoms with Crippen molar-refractivity contribution in [3.63, 3.8) is 0 Å². The summed E-state index contributed by atoms with van der Waals surface area (Å²) in [4.78, 5) is 0. The van der Waals surface area contributed by atoms with Gasteiger partial charge in [-0.3, -0.25) is 0 Å². The Kier molecular flexibility index (Phi) is 3.17. The van der Waals surface area contributed by atoms with Crippen LogP contribution in [0.4, 0.5) is 0 Å². The van der Waals surface area contributed by atoms with Crippen LogP contribution in [0.25, 0.3) is 0 Å². The molecule has 0 heteroatoms. The molecule has 5 saturated carbocycles. The second-order valence-corrected chi connectivity index (χ2v) is 9.15. The molecule has 5 fully saturated rings. The van der Waals surface area contributed by atoms with Crippen molar-refractivity contribution in [3.05, 3.63) is 35.4 Å². The molecule has 22 heavy (non-hydrogen) atoms. The van der Waals surface area contributed by atoms with Gasteiger partial charge in [0, 0.05) is 0 Å². The van der Waals surface area contributed by atoms with Crippen LogP contribution in [0.15, 0.2) is 24.3 Å². The Morgan fingerprint density at radius 2 is 1.23 bits per heavy atom. The lowest BCUT2D eigenvalue weighted by Crippen LogP contribution is -2.48. The molecule has 0 N–H and O–H groups in total. The summed E-state index contributed by atoms with van der Waals surface area (Å²) < 4.78 is 0. The summed E-state index contributed by atoms with van der Waals surface area (Å²) >= 11 is 0. The summed E-state index contributed by atoms with van der Waals surface area (Å²) in [6.07, 6.45) is 16.4. The SMILES string of the molecule is c1cc(C23CC4CC(CC(C4)C2)C3)ccc1C1CCCCC1. The Bertz CT molecular complexity index is 496. The summed E-state index contributed by atoms with van der Waals surface area (Å²) in [5.41, 5.74) is 3.92. The van der Waals surface area contributed by atoms with Gasteiger partial charge in [-0.05, 0) is 91.6 Å². The molecule has 0 nitrogen and oxygen atoms in total. The number of hydrogen-bond donors (Lipinski definition) is 0. The largest absolute Gasteiger partial charge is 0.0585 e. The van der Waals surface area contributed by atoms with Crippen LogP contribution >= 0.6 is 0 Å². The molecule has 0 amide bonds. The fourth-order valence-electron chi connectivity index (χ4n) is 7.01. The number of rotatable bonds is 2. The van der Waals surface area contributed by atoms with Crippen LogP contribution in [0.5, 0.6) is 0 Å². The zero-order valence-electron chi connectivity index (χ0n) is 13.9. The minimum absolute atomic E-state index is 0.583. The van der Waals surface area contributed by atoms with Gasteiger partial charge in [-0.1, -0.05) is 43.5 Å². The minimum Gasteiger partial charge on any atom is -0.0585 e. The van der Waals surface area contributed by atoms with Gasteiger partial charge in [-0.2, -0.15) is 0 Å². The summed E-state index contributed by atoms with van der Waals surface area (Å²) in [5.74, 6) is 4.04. The zero-order chi connectivity index (χ0) is 14.6. The van der Waals surface area contributed by atoms with Gasteiger partial charge in [0.25, 0.3) is 0 Å². The van der Waals surface area contributed by atoms with E-state index in [0.29, 0.717) is 5.41 Å². The van der Waals surface area contributed by atoms with Gasteiger partial charge in [0.1, 0.15) is 0 Å². The van der Waals surface area contributed by atoms with Gasteiger partial charge in [0.2, 0.25) is 0 Å². The van der Waals surface area contributed by atoms with Crippen LogP contribution in [-0.2, 0) is 5.41 Å². The third kappa shape index (κ3) is 2.17. The maximum absolute atomic E-state index is 2.54. The van der Waals surface area contributed by atoms with Crippen molar-refractivity contribution in [1.29, 1.82) is 0 Å². The molecular formula is C22H30. The first-order valence-electron chi connectivity index (χ1n) is 9.91. The van der Waals surface area contributed by atoms with E-state index in [1.54, 1.807) is 30.4 Å². The Morgan fingerprint density at radius 1 is 0.682 bits per heavy atom. The maximum atomic E-state index is 2.54. The summed E-state index contributed by atoms with van der Waals surface area (Å²) in [7, 11) is 0. The van der Waals surface area contributed by atoms with Crippen molar-refractivity contribution >= 4 is 0 Å². The molecule has 4 bridgehead atoms. The first-order chi connectivity index (χ1) is 10.8. The van der Waals surface area contributed by atoms with E-state index in [4.69, 9.17) is 0 Å². The topological polar surface area (TPSA) is 0 Å². The predicted octanol–water partition coefficient (Wildman–Crippen LogP) is 6.20. The molecule has 0 radical (unpaired) electrons. The van der Waals surface area contributed by atoms with E-state index in [1.807, 2.05) is 0 Å². The molecule has 118 valence electrons. The Morgan fingerprint density at radius 3 is 1.77 bits per heavy atom. The first-order valence-corrected chi connectivity index (χ1v) is 9.91. The fraction of sp³-hybridized carbons (Fsp3) is 0.727. The van der Waals surface area contributed by atoms with Gasteiger partial charge >= 0.3 is 0 Å². The van der Waals surface area contributed by atoms with Crippen molar-refractivity contribution in [2.75, 3.05) is 0 Å². The highest BCUT2D eigenvalue weighted by atomic mass is 14.6. The average Bonchev–Trinajstić information content (AvgIpc) is 2.55. The van der Waals surface area contributed by atoms with E-state index in [-0.39, 0.29) is 0 Å². The molecule has 5 aliphatic rings. The van der Waals surface area contributed by atoms with Crippen LogP contribution in [0, 0.1) is 17.8 Å². The van der Waals surface area contributed by atoms with Gasteiger partial charge in [0.05, 0.1) is 0 Å². The Balaban J connectivity index is 1.41. The molecule has 0 spiro atoms. The van der Waals surface area contributed by atoms with Crippen LogP contribution in [0.2, 0.25) is 0 Å². The van der Waals surface area contributed by atoms with E-state index in [2.05, 4.69) is 24.3 Å².